The van der Waals surface area contributed by atoms with E-state index in [2.05, 4.69) is 18.5 Å². The van der Waals surface area contributed by atoms with E-state index in [1.54, 1.807) is 6.07 Å². The van der Waals surface area contributed by atoms with E-state index in [0.29, 0.717) is 5.92 Å². The highest BCUT2D eigenvalue weighted by molar-refractivity contribution is 5.84. The van der Waals surface area contributed by atoms with Gasteiger partial charge in [-0.2, -0.15) is 0 Å². The number of nitrogens with one attached hydrogen (secondary N) is 1. The van der Waals surface area contributed by atoms with Crippen LogP contribution in [0, 0.1) is 5.82 Å². The first kappa shape index (κ1) is 11.9. The van der Waals surface area contributed by atoms with Crippen molar-refractivity contribution >= 4 is 10.9 Å². The summed E-state index contributed by atoms with van der Waals surface area (Å²) in [6.07, 6.45) is 6.92. The third-order valence-corrected chi connectivity index (χ3v) is 3.21. The fourth-order valence-electron chi connectivity index (χ4n) is 2.44. The molecule has 2 heteroatoms. The first-order valence-corrected chi connectivity index (χ1v) is 6.14. The fourth-order valence-corrected chi connectivity index (χ4v) is 2.44. The second-order valence-corrected chi connectivity index (χ2v) is 4.42. The largest absolute Gasteiger partial charge is 0.361 e. The molecule has 17 heavy (non-hydrogen) atoms. The van der Waals surface area contributed by atoms with E-state index < -0.39 is 0 Å². The van der Waals surface area contributed by atoms with Crippen LogP contribution >= 0.6 is 0 Å². The van der Waals surface area contributed by atoms with Gasteiger partial charge in [-0.05, 0) is 36.5 Å². The molecule has 1 unspecified atom stereocenters. The molecule has 0 radical (unpaired) electrons. The second kappa shape index (κ2) is 5.17. The first-order chi connectivity index (χ1) is 8.27. The summed E-state index contributed by atoms with van der Waals surface area (Å²) in [6.45, 7) is 5.95. The molecule has 0 aliphatic heterocycles. The van der Waals surface area contributed by atoms with Crippen LogP contribution in [0.15, 0.2) is 37.1 Å². The third-order valence-electron chi connectivity index (χ3n) is 3.21. The molecule has 2 aromatic rings. The predicted molar refractivity (Wildman–Crippen MR) is 70.7 cm³/mol. The summed E-state index contributed by atoms with van der Waals surface area (Å²) in [4.78, 5) is 3.15. The standard InChI is InChI=1S/C15H18FN/c1-3-6-11(7-4-2)12-10-17-14-9-5-8-13(16)15(12)14/h3,5,8-11,17H,1,4,6-7H2,2H3. The lowest BCUT2D eigenvalue weighted by Gasteiger charge is -2.13. The molecular formula is C15H18FN. The number of aromatic amines is 1. The Morgan fingerprint density at radius 3 is 3.00 bits per heavy atom. The van der Waals surface area contributed by atoms with E-state index in [4.69, 9.17) is 0 Å². The van der Waals surface area contributed by atoms with Gasteiger partial charge in [-0.1, -0.05) is 25.5 Å². The molecule has 2 rings (SSSR count). The molecule has 0 bridgehead atoms. The zero-order valence-corrected chi connectivity index (χ0v) is 10.2. The van der Waals surface area contributed by atoms with Gasteiger partial charge in [-0.15, -0.1) is 6.58 Å². The Hall–Kier alpha value is -1.57. The second-order valence-electron chi connectivity index (χ2n) is 4.42. The highest BCUT2D eigenvalue weighted by Gasteiger charge is 2.16. The Balaban J connectivity index is 2.49. The van der Waals surface area contributed by atoms with Gasteiger partial charge in [0.2, 0.25) is 0 Å². The summed E-state index contributed by atoms with van der Waals surface area (Å²) in [5.74, 6) is 0.229. The van der Waals surface area contributed by atoms with Crippen molar-refractivity contribution in [3.05, 3.63) is 48.4 Å². The van der Waals surface area contributed by atoms with E-state index in [0.717, 1.165) is 35.7 Å². The van der Waals surface area contributed by atoms with E-state index in [9.17, 15) is 4.39 Å². The van der Waals surface area contributed by atoms with Gasteiger partial charge < -0.3 is 4.98 Å². The predicted octanol–water partition coefficient (Wildman–Crippen LogP) is 4.77. The highest BCUT2D eigenvalue weighted by Crippen LogP contribution is 2.32. The topological polar surface area (TPSA) is 15.8 Å². The van der Waals surface area contributed by atoms with E-state index >= 15 is 0 Å². The Labute approximate surface area is 101 Å². The van der Waals surface area contributed by atoms with Gasteiger partial charge in [0.25, 0.3) is 0 Å². The summed E-state index contributed by atoms with van der Waals surface area (Å²) in [7, 11) is 0. The van der Waals surface area contributed by atoms with Crippen LogP contribution in [0.4, 0.5) is 4.39 Å². The lowest BCUT2D eigenvalue weighted by atomic mass is 9.91. The zero-order chi connectivity index (χ0) is 12.3. The van der Waals surface area contributed by atoms with Crippen LogP contribution < -0.4 is 0 Å². The Bertz CT molecular complexity index is 513. The molecule has 1 aromatic carbocycles. The first-order valence-electron chi connectivity index (χ1n) is 6.14. The minimum absolute atomic E-state index is 0.135. The van der Waals surface area contributed by atoms with Gasteiger partial charge in [0.15, 0.2) is 0 Å². The smallest absolute Gasteiger partial charge is 0.132 e. The Kier molecular flexibility index (Phi) is 3.62. The minimum Gasteiger partial charge on any atom is -0.361 e. The number of halogens is 1. The molecule has 1 atom stereocenters. The van der Waals surface area contributed by atoms with Crippen molar-refractivity contribution in [1.29, 1.82) is 0 Å². The van der Waals surface area contributed by atoms with Gasteiger partial charge >= 0.3 is 0 Å². The number of hydrogen-bond donors (Lipinski definition) is 1. The van der Waals surface area contributed by atoms with E-state index in [-0.39, 0.29) is 5.82 Å². The number of H-pyrrole nitrogens is 1. The van der Waals surface area contributed by atoms with Crippen LogP contribution in [-0.2, 0) is 0 Å². The van der Waals surface area contributed by atoms with Gasteiger partial charge in [-0.25, -0.2) is 4.39 Å². The molecule has 0 fully saturated rings. The van der Waals surface area contributed by atoms with Crippen molar-refractivity contribution in [3.8, 4) is 0 Å². The number of aromatic nitrogens is 1. The van der Waals surface area contributed by atoms with E-state index in [1.165, 1.54) is 6.07 Å². The van der Waals surface area contributed by atoms with Crippen molar-refractivity contribution in [3.63, 3.8) is 0 Å². The lowest BCUT2D eigenvalue weighted by Crippen LogP contribution is -1.97. The van der Waals surface area contributed by atoms with Crippen molar-refractivity contribution < 1.29 is 4.39 Å². The van der Waals surface area contributed by atoms with Crippen LogP contribution in [-0.4, -0.2) is 4.98 Å². The maximum absolute atomic E-state index is 13.9. The van der Waals surface area contributed by atoms with Crippen molar-refractivity contribution in [1.82, 2.24) is 4.98 Å². The third kappa shape index (κ3) is 2.26. The molecule has 90 valence electrons. The van der Waals surface area contributed by atoms with Crippen molar-refractivity contribution in [2.24, 2.45) is 0 Å². The van der Waals surface area contributed by atoms with Gasteiger partial charge in [0, 0.05) is 17.1 Å². The SMILES string of the molecule is C=CCC(CCC)c1c[nH]c2cccc(F)c12. The summed E-state index contributed by atoms with van der Waals surface area (Å²) >= 11 is 0. The molecule has 0 aliphatic rings. The Morgan fingerprint density at radius 2 is 2.29 bits per heavy atom. The minimum atomic E-state index is -0.135. The molecule has 1 heterocycles. The molecule has 1 aromatic heterocycles. The number of benzene rings is 1. The molecule has 1 N–H and O–H groups in total. The van der Waals surface area contributed by atoms with Crippen molar-refractivity contribution in [2.45, 2.75) is 32.1 Å². The molecule has 0 saturated carbocycles. The maximum Gasteiger partial charge on any atom is 0.132 e. The number of allylic oxidation sites excluding steroid dienone is 1. The monoisotopic (exact) mass is 231 g/mol. The van der Waals surface area contributed by atoms with Crippen LogP contribution in [0.1, 0.15) is 37.7 Å². The maximum atomic E-state index is 13.9. The zero-order valence-electron chi connectivity index (χ0n) is 10.2. The van der Waals surface area contributed by atoms with E-state index in [1.807, 2.05) is 18.3 Å². The van der Waals surface area contributed by atoms with Gasteiger partial charge in [0.05, 0.1) is 0 Å². The average molecular weight is 231 g/mol. The number of rotatable bonds is 5. The summed E-state index contributed by atoms with van der Waals surface area (Å²) < 4.78 is 13.9. The number of hydrogen-bond acceptors (Lipinski definition) is 0. The van der Waals surface area contributed by atoms with Crippen molar-refractivity contribution in [2.75, 3.05) is 0 Å². The van der Waals surface area contributed by atoms with Gasteiger partial charge in [0.1, 0.15) is 5.82 Å². The Morgan fingerprint density at radius 1 is 1.47 bits per heavy atom. The molecule has 1 nitrogen and oxygen atoms in total. The quantitative estimate of drug-likeness (QED) is 0.714. The molecular weight excluding hydrogens is 213 g/mol. The van der Waals surface area contributed by atoms with Crippen LogP contribution in [0.25, 0.3) is 10.9 Å². The normalized spacial score (nSPS) is 12.8. The lowest BCUT2D eigenvalue weighted by molar-refractivity contribution is 0.613. The highest BCUT2D eigenvalue weighted by atomic mass is 19.1. The average Bonchev–Trinajstić information content (AvgIpc) is 2.74. The van der Waals surface area contributed by atoms with Crippen LogP contribution in [0.5, 0.6) is 0 Å². The van der Waals surface area contributed by atoms with Crippen LogP contribution in [0.3, 0.4) is 0 Å². The summed E-state index contributed by atoms with van der Waals surface area (Å²) in [5.41, 5.74) is 1.96. The number of fused-ring (bicyclic) bond motifs is 1. The molecule has 0 amide bonds. The molecule has 0 aliphatic carbocycles. The summed E-state index contributed by atoms with van der Waals surface area (Å²) in [6, 6.07) is 5.18. The van der Waals surface area contributed by atoms with Gasteiger partial charge in [-0.3, -0.25) is 0 Å². The molecule has 0 spiro atoms. The summed E-state index contributed by atoms with van der Waals surface area (Å²) in [5, 5.41) is 0.743. The molecule has 0 saturated heterocycles. The van der Waals surface area contributed by atoms with Crippen LogP contribution in [0.2, 0.25) is 0 Å². The fraction of sp³-hybridized carbons (Fsp3) is 0.333.